The summed E-state index contributed by atoms with van der Waals surface area (Å²) in [5.41, 5.74) is 5.30. The molecule has 1 unspecified atom stereocenters. The first-order valence-electron chi connectivity index (χ1n) is 12.3. The largest absolute Gasteiger partial charge is 0.453 e. The molecular formula is C23H19F5N8O. The van der Waals surface area contributed by atoms with Crippen LogP contribution in [0.1, 0.15) is 34.4 Å². The summed E-state index contributed by atoms with van der Waals surface area (Å²) >= 11 is 0. The number of carbonyl (C=O) groups is 1. The van der Waals surface area contributed by atoms with Crippen LogP contribution < -0.4 is 11.1 Å². The first-order valence-corrected chi connectivity index (χ1v) is 10.8. The fourth-order valence-electron chi connectivity index (χ4n) is 4.21. The first kappa shape index (κ1) is 20.9. The molecule has 1 aromatic carbocycles. The Hall–Kier alpha value is -4.23. The van der Waals surface area contributed by atoms with E-state index in [1.54, 1.807) is 37.3 Å². The lowest BCUT2D eigenvalue weighted by Gasteiger charge is -2.23. The average molecular weight is 521 g/mol. The Kier molecular flexibility index (Phi) is 4.60. The summed E-state index contributed by atoms with van der Waals surface area (Å²) in [5.74, 6) is -6.39. The van der Waals surface area contributed by atoms with E-state index in [9.17, 15) is 26.7 Å². The molecule has 0 spiro atoms. The van der Waals surface area contributed by atoms with E-state index in [4.69, 9.17) is 9.85 Å². The van der Waals surface area contributed by atoms with E-state index in [1.165, 1.54) is 0 Å². The van der Waals surface area contributed by atoms with Crippen molar-refractivity contribution in [2.75, 3.05) is 11.1 Å². The Morgan fingerprint density at radius 3 is 2.51 bits per heavy atom. The van der Waals surface area contributed by atoms with Crippen LogP contribution in [0.4, 0.5) is 33.6 Å². The minimum atomic E-state index is -5.80. The maximum absolute atomic E-state index is 13.6. The molecule has 0 bridgehead atoms. The van der Waals surface area contributed by atoms with Gasteiger partial charge in [0.1, 0.15) is 28.6 Å². The van der Waals surface area contributed by atoms with E-state index < -0.39 is 49.1 Å². The number of nitrogens with one attached hydrogen (secondary N) is 1. The molecule has 4 heterocycles. The average Bonchev–Trinajstić information content (AvgIpc) is 3.41. The van der Waals surface area contributed by atoms with Crippen molar-refractivity contribution in [1.82, 2.24) is 29.7 Å². The van der Waals surface area contributed by atoms with Crippen LogP contribution in [-0.4, -0.2) is 47.7 Å². The van der Waals surface area contributed by atoms with Crippen molar-refractivity contribution >= 4 is 28.6 Å². The van der Waals surface area contributed by atoms with Gasteiger partial charge in [-0.05, 0) is 12.5 Å². The molecule has 5 rings (SSSR count). The van der Waals surface area contributed by atoms with Crippen molar-refractivity contribution in [2.45, 2.75) is 37.3 Å². The monoisotopic (exact) mass is 521 g/mol. The second kappa shape index (κ2) is 8.15. The van der Waals surface area contributed by atoms with E-state index in [0.717, 1.165) is 6.20 Å². The zero-order chi connectivity index (χ0) is 29.3. The smallest absolute Gasteiger partial charge is 0.383 e. The third kappa shape index (κ3) is 3.83. The number of benzene rings is 1. The van der Waals surface area contributed by atoms with Crippen LogP contribution in [0.5, 0.6) is 0 Å². The second-order valence-electron chi connectivity index (χ2n) is 8.59. The van der Waals surface area contributed by atoms with Gasteiger partial charge < -0.3 is 11.1 Å². The molecule has 37 heavy (non-hydrogen) atoms. The van der Waals surface area contributed by atoms with Gasteiger partial charge >= 0.3 is 12.1 Å². The molecule has 1 amide bonds. The van der Waals surface area contributed by atoms with Crippen LogP contribution in [0.25, 0.3) is 22.6 Å². The fraction of sp³-hybridized carbons (Fsp3) is 0.304. The molecule has 3 aromatic heterocycles. The molecule has 1 atom stereocenters. The van der Waals surface area contributed by atoms with Crippen LogP contribution in [0.2, 0.25) is 0 Å². The molecule has 0 radical (unpaired) electrons. The third-order valence-electron chi connectivity index (χ3n) is 6.24. The lowest BCUT2D eigenvalue weighted by molar-refractivity contribution is -0.284. The van der Waals surface area contributed by atoms with Gasteiger partial charge in [-0.25, -0.2) is 19.9 Å². The number of nitrogens with two attached hydrogens (primary N) is 1. The summed E-state index contributed by atoms with van der Waals surface area (Å²) < 4.78 is 89.1. The minimum absolute atomic E-state index is 0.0268. The van der Waals surface area contributed by atoms with Crippen molar-refractivity contribution < 1.29 is 30.9 Å². The summed E-state index contributed by atoms with van der Waals surface area (Å²) in [7, 11) is 0. The highest BCUT2D eigenvalue weighted by Gasteiger charge is 2.56. The van der Waals surface area contributed by atoms with E-state index >= 15 is 0 Å². The Balaban J connectivity index is 1.66. The summed E-state index contributed by atoms with van der Waals surface area (Å²) in [6.45, 7) is -1.24. The highest BCUT2D eigenvalue weighted by Crippen LogP contribution is 2.45. The van der Waals surface area contributed by atoms with Crippen molar-refractivity contribution in [3.8, 4) is 11.5 Å². The quantitative estimate of drug-likeness (QED) is 0.383. The number of alkyl halides is 5. The lowest BCUT2D eigenvalue weighted by atomic mass is 9.78. The SMILES string of the molecule is [2H]C([2H])([2H])n1ncc2c(-c3nc(N)c4c(n3)NC(=O)C4(C)c3ccccc3)nc(CCC(F)(F)C(F)(F)F)nc21. The summed E-state index contributed by atoms with van der Waals surface area (Å²) in [4.78, 5) is 29.7. The summed E-state index contributed by atoms with van der Waals surface area (Å²) in [5, 5.41) is 6.39. The van der Waals surface area contributed by atoms with Crippen LogP contribution in [0.15, 0.2) is 36.5 Å². The van der Waals surface area contributed by atoms with Crippen LogP contribution in [0, 0.1) is 0 Å². The van der Waals surface area contributed by atoms with Gasteiger partial charge in [-0.15, -0.1) is 0 Å². The Morgan fingerprint density at radius 2 is 1.84 bits per heavy atom. The number of nitrogens with zero attached hydrogens (tertiary/aromatic N) is 6. The van der Waals surface area contributed by atoms with E-state index in [0.29, 0.717) is 10.2 Å². The molecule has 0 saturated carbocycles. The van der Waals surface area contributed by atoms with Gasteiger partial charge in [0.15, 0.2) is 11.5 Å². The molecule has 192 valence electrons. The molecule has 0 fully saturated rings. The molecule has 14 heteroatoms. The van der Waals surface area contributed by atoms with Crippen molar-refractivity contribution in [1.29, 1.82) is 0 Å². The maximum atomic E-state index is 13.6. The van der Waals surface area contributed by atoms with Crippen molar-refractivity contribution in [3.05, 3.63) is 53.5 Å². The lowest BCUT2D eigenvalue weighted by Crippen LogP contribution is -2.36. The number of carbonyl (C=O) groups excluding carboxylic acids is 1. The van der Waals surface area contributed by atoms with Gasteiger partial charge in [0.2, 0.25) is 5.91 Å². The predicted octanol–water partition coefficient (Wildman–Crippen LogP) is 3.79. The molecule has 9 nitrogen and oxygen atoms in total. The second-order valence-corrected chi connectivity index (χ2v) is 8.59. The van der Waals surface area contributed by atoms with Gasteiger partial charge in [0.05, 0.1) is 17.1 Å². The number of aryl methyl sites for hydroxylation is 2. The number of nitrogen functional groups attached to an aromatic ring is 1. The normalized spacial score (nSPS) is 19.3. The van der Waals surface area contributed by atoms with Crippen LogP contribution in [0.3, 0.4) is 0 Å². The van der Waals surface area contributed by atoms with E-state index in [1.807, 2.05) is 0 Å². The number of halogens is 5. The number of amides is 1. The van der Waals surface area contributed by atoms with Crippen LogP contribution in [-0.2, 0) is 23.6 Å². The molecule has 1 aliphatic heterocycles. The highest BCUT2D eigenvalue weighted by molar-refractivity contribution is 6.09. The first-order chi connectivity index (χ1) is 18.5. The number of fused-ring (bicyclic) bond motifs is 2. The standard InChI is InChI=1S/C23H19F5N8O/c1-21(11-6-4-3-5-7-11)14-16(29)33-18(34-17(14)35-20(21)37)15-12-10-30-36(2)19(12)32-13(31-15)8-9-22(24,25)23(26,27)28/h3-7,10H,8-9H2,1-2H3,(H3,29,33,34,35,37)/i2D3. The zero-order valence-corrected chi connectivity index (χ0v) is 18.9. The van der Waals surface area contributed by atoms with Crippen LogP contribution >= 0.6 is 0 Å². The number of hydrogen-bond acceptors (Lipinski definition) is 7. The van der Waals surface area contributed by atoms with E-state index in [-0.39, 0.29) is 39.8 Å². The summed E-state index contributed by atoms with van der Waals surface area (Å²) in [6.07, 6.45) is -7.39. The Bertz CT molecular complexity index is 1640. The molecule has 0 saturated heterocycles. The van der Waals surface area contributed by atoms with E-state index in [2.05, 4.69) is 30.4 Å². The van der Waals surface area contributed by atoms with Gasteiger partial charge in [-0.2, -0.15) is 27.1 Å². The van der Waals surface area contributed by atoms with Gasteiger partial charge in [-0.1, -0.05) is 30.3 Å². The van der Waals surface area contributed by atoms with Gasteiger partial charge in [0.25, 0.3) is 0 Å². The minimum Gasteiger partial charge on any atom is -0.383 e. The molecular weight excluding hydrogens is 499 g/mol. The highest BCUT2D eigenvalue weighted by atomic mass is 19.4. The topological polar surface area (TPSA) is 124 Å². The third-order valence-corrected chi connectivity index (χ3v) is 6.24. The van der Waals surface area contributed by atoms with Crippen molar-refractivity contribution in [3.63, 3.8) is 0 Å². The number of aromatic nitrogens is 6. The fourth-order valence-corrected chi connectivity index (χ4v) is 4.21. The molecule has 1 aliphatic rings. The Labute approximate surface area is 210 Å². The predicted molar refractivity (Wildman–Crippen MR) is 123 cm³/mol. The van der Waals surface area contributed by atoms with Gasteiger partial charge in [0, 0.05) is 23.9 Å². The number of anilines is 2. The molecule has 4 aromatic rings. The maximum Gasteiger partial charge on any atom is 0.453 e. The summed E-state index contributed by atoms with van der Waals surface area (Å²) in [6, 6.07) is 8.69. The molecule has 3 N–H and O–H groups in total. The number of hydrogen-bond donors (Lipinski definition) is 2. The zero-order valence-electron chi connectivity index (χ0n) is 21.9. The molecule has 0 aliphatic carbocycles. The van der Waals surface area contributed by atoms with Gasteiger partial charge in [-0.3, -0.25) is 9.48 Å². The Morgan fingerprint density at radius 1 is 1.11 bits per heavy atom. The van der Waals surface area contributed by atoms with Crippen molar-refractivity contribution in [2.24, 2.45) is 6.98 Å². The number of rotatable bonds is 5.